The standard InChI is InChI=1S/C12H20N2O3S/c13-12-6-1-4-11(10-12)5-2-7-14-8-3-9-18(15,16)17/h1,4,6,10,14H,2-3,5,7-9,13H2,(H,15,16,17). The van der Waals surface area contributed by atoms with Gasteiger partial charge in [-0.25, -0.2) is 0 Å². The monoisotopic (exact) mass is 272 g/mol. The van der Waals surface area contributed by atoms with Crippen molar-refractivity contribution in [2.24, 2.45) is 0 Å². The van der Waals surface area contributed by atoms with Crippen LogP contribution in [-0.2, 0) is 16.5 Å². The van der Waals surface area contributed by atoms with Crippen LogP contribution in [0.4, 0.5) is 5.69 Å². The first-order valence-corrected chi connectivity index (χ1v) is 7.58. The van der Waals surface area contributed by atoms with E-state index in [1.807, 2.05) is 24.3 Å². The maximum absolute atomic E-state index is 10.5. The van der Waals surface area contributed by atoms with E-state index in [1.54, 1.807) is 0 Å². The van der Waals surface area contributed by atoms with Gasteiger partial charge in [0.05, 0.1) is 5.75 Å². The smallest absolute Gasteiger partial charge is 0.264 e. The number of hydrogen-bond acceptors (Lipinski definition) is 4. The molecule has 0 fully saturated rings. The lowest BCUT2D eigenvalue weighted by Crippen LogP contribution is -2.19. The lowest BCUT2D eigenvalue weighted by molar-refractivity contribution is 0.479. The summed E-state index contributed by atoms with van der Waals surface area (Å²) in [6.07, 6.45) is 2.34. The summed E-state index contributed by atoms with van der Waals surface area (Å²) < 4.78 is 29.4. The highest BCUT2D eigenvalue weighted by molar-refractivity contribution is 7.85. The van der Waals surface area contributed by atoms with Crippen molar-refractivity contribution in [3.63, 3.8) is 0 Å². The minimum atomic E-state index is -3.82. The van der Waals surface area contributed by atoms with Crippen LogP contribution in [0, 0.1) is 0 Å². The van der Waals surface area contributed by atoms with Gasteiger partial charge in [0.1, 0.15) is 0 Å². The zero-order chi connectivity index (χ0) is 13.4. The first-order valence-electron chi connectivity index (χ1n) is 5.98. The van der Waals surface area contributed by atoms with Crippen LogP contribution >= 0.6 is 0 Å². The van der Waals surface area contributed by atoms with Gasteiger partial charge in [-0.3, -0.25) is 4.55 Å². The van der Waals surface area contributed by atoms with Crippen LogP contribution in [0.5, 0.6) is 0 Å². The second kappa shape index (κ2) is 7.35. The van der Waals surface area contributed by atoms with E-state index >= 15 is 0 Å². The Morgan fingerprint density at radius 1 is 1.22 bits per heavy atom. The van der Waals surface area contributed by atoms with Crippen LogP contribution in [0.3, 0.4) is 0 Å². The molecule has 4 N–H and O–H groups in total. The Balaban J connectivity index is 2.06. The molecule has 0 aliphatic rings. The van der Waals surface area contributed by atoms with Crippen LogP contribution in [0.2, 0.25) is 0 Å². The summed E-state index contributed by atoms with van der Waals surface area (Å²) in [4.78, 5) is 0. The number of hydrogen-bond donors (Lipinski definition) is 3. The van der Waals surface area contributed by atoms with Gasteiger partial charge in [0.15, 0.2) is 0 Å². The highest BCUT2D eigenvalue weighted by atomic mass is 32.2. The van der Waals surface area contributed by atoms with Gasteiger partial charge in [-0.1, -0.05) is 12.1 Å². The molecule has 0 aliphatic carbocycles. The topological polar surface area (TPSA) is 92.4 Å². The Morgan fingerprint density at radius 3 is 2.61 bits per heavy atom. The van der Waals surface area contributed by atoms with Gasteiger partial charge in [-0.05, 0) is 50.0 Å². The molecule has 0 amide bonds. The maximum Gasteiger partial charge on any atom is 0.264 e. The minimum Gasteiger partial charge on any atom is -0.399 e. The van der Waals surface area contributed by atoms with Gasteiger partial charge in [0.25, 0.3) is 10.1 Å². The van der Waals surface area contributed by atoms with Crippen molar-refractivity contribution in [1.82, 2.24) is 5.32 Å². The normalized spacial score (nSPS) is 11.6. The molecule has 1 rings (SSSR count). The van der Waals surface area contributed by atoms with E-state index in [0.29, 0.717) is 13.0 Å². The molecule has 0 spiro atoms. The number of nitrogen functional groups attached to an aromatic ring is 1. The van der Waals surface area contributed by atoms with E-state index in [2.05, 4.69) is 5.32 Å². The molecular weight excluding hydrogens is 252 g/mol. The first kappa shape index (κ1) is 14.9. The lowest BCUT2D eigenvalue weighted by atomic mass is 10.1. The van der Waals surface area contributed by atoms with Gasteiger partial charge >= 0.3 is 0 Å². The number of aryl methyl sites for hydroxylation is 1. The molecule has 5 nitrogen and oxygen atoms in total. The molecule has 0 saturated heterocycles. The van der Waals surface area contributed by atoms with Crippen LogP contribution in [0.25, 0.3) is 0 Å². The maximum atomic E-state index is 10.5. The van der Waals surface area contributed by atoms with Crippen molar-refractivity contribution < 1.29 is 13.0 Å². The number of nitrogens with one attached hydrogen (secondary N) is 1. The van der Waals surface area contributed by atoms with Crippen molar-refractivity contribution in [1.29, 1.82) is 0 Å². The number of benzene rings is 1. The quantitative estimate of drug-likeness (QED) is 0.374. The van der Waals surface area contributed by atoms with E-state index in [0.717, 1.165) is 25.1 Å². The molecule has 0 radical (unpaired) electrons. The fourth-order valence-electron chi connectivity index (χ4n) is 1.67. The molecule has 0 bridgehead atoms. The van der Waals surface area contributed by atoms with Crippen molar-refractivity contribution in [3.05, 3.63) is 29.8 Å². The van der Waals surface area contributed by atoms with Gasteiger partial charge < -0.3 is 11.1 Å². The van der Waals surface area contributed by atoms with Crippen molar-refractivity contribution >= 4 is 15.8 Å². The van der Waals surface area contributed by atoms with E-state index < -0.39 is 10.1 Å². The van der Waals surface area contributed by atoms with Gasteiger partial charge in [-0.2, -0.15) is 8.42 Å². The number of rotatable bonds is 8. The molecular formula is C12H20N2O3S. The Bertz CT molecular complexity index is 460. The van der Waals surface area contributed by atoms with Crippen molar-refractivity contribution in [3.8, 4) is 0 Å². The summed E-state index contributed by atoms with van der Waals surface area (Å²) in [6.45, 7) is 1.41. The first-order chi connectivity index (χ1) is 8.47. The molecule has 6 heteroatoms. The van der Waals surface area contributed by atoms with E-state index in [-0.39, 0.29) is 5.75 Å². The summed E-state index contributed by atoms with van der Waals surface area (Å²) >= 11 is 0. The summed E-state index contributed by atoms with van der Waals surface area (Å²) in [6, 6.07) is 7.79. The Hall–Kier alpha value is -1.11. The second-order valence-electron chi connectivity index (χ2n) is 4.24. The molecule has 1 aromatic carbocycles. The summed E-state index contributed by atoms with van der Waals surface area (Å²) in [5, 5.41) is 3.14. The minimum absolute atomic E-state index is 0.185. The van der Waals surface area contributed by atoms with Crippen LogP contribution in [0.1, 0.15) is 18.4 Å². The van der Waals surface area contributed by atoms with Gasteiger partial charge in [-0.15, -0.1) is 0 Å². The molecule has 0 saturated carbocycles. The molecule has 102 valence electrons. The molecule has 18 heavy (non-hydrogen) atoms. The zero-order valence-corrected chi connectivity index (χ0v) is 11.1. The molecule has 0 atom stereocenters. The highest BCUT2D eigenvalue weighted by Crippen LogP contribution is 2.08. The SMILES string of the molecule is Nc1cccc(CCCNCCCS(=O)(=O)O)c1. The zero-order valence-electron chi connectivity index (χ0n) is 10.3. The van der Waals surface area contributed by atoms with E-state index in [1.165, 1.54) is 5.56 Å². The Labute approximate surface area is 108 Å². The third-order valence-electron chi connectivity index (χ3n) is 2.53. The Kier molecular flexibility index (Phi) is 6.11. The molecule has 0 aliphatic heterocycles. The third kappa shape index (κ3) is 7.26. The number of nitrogens with two attached hydrogens (primary N) is 1. The summed E-state index contributed by atoms with van der Waals surface area (Å²) in [7, 11) is -3.82. The van der Waals surface area contributed by atoms with Crippen molar-refractivity contribution in [2.75, 3.05) is 24.6 Å². The fraction of sp³-hybridized carbons (Fsp3) is 0.500. The van der Waals surface area contributed by atoms with Crippen LogP contribution < -0.4 is 11.1 Å². The fourth-order valence-corrected chi connectivity index (χ4v) is 2.18. The molecule has 0 unspecified atom stereocenters. The highest BCUT2D eigenvalue weighted by Gasteiger charge is 2.02. The molecule has 1 aromatic rings. The lowest BCUT2D eigenvalue weighted by Gasteiger charge is -2.05. The van der Waals surface area contributed by atoms with Gasteiger partial charge in [0.2, 0.25) is 0 Å². The average molecular weight is 272 g/mol. The van der Waals surface area contributed by atoms with Crippen molar-refractivity contribution in [2.45, 2.75) is 19.3 Å². The average Bonchev–Trinajstić information content (AvgIpc) is 2.26. The predicted octanol–water partition coefficient (Wildman–Crippen LogP) is 1.07. The largest absolute Gasteiger partial charge is 0.399 e. The molecule has 0 aromatic heterocycles. The third-order valence-corrected chi connectivity index (χ3v) is 3.33. The number of anilines is 1. The van der Waals surface area contributed by atoms with Crippen LogP contribution in [-0.4, -0.2) is 31.8 Å². The second-order valence-corrected chi connectivity index (χ2v) is 5.81. The predicted molar refractivity (Wildman–Crippen MR) is 73.1 cm³/mol. The van der Waals surface area contributed by atoms with Crippen LogP contribution in [0.15, 0.2) is 24.3 Å². The summed E-state index contributed by atoms with van der Waals surface area (Å²) in [5.74, 6) is -0.185. The summed E-state index contributed by atoms with van der Waals surface area (Å²) in [5.41, 5.74) is 7.65. The Morgan fingerprint density at radius 2 is 1.94 bits per heavy atom. The van der Waals surface area contributed by atoms with Gasteiger partial charge in [0, 0.05) is 5.69 Å². The van der Waals surface area contributed by atoms with E-state index in [9.17, 15) is 8.42 Å². The van der Waals surface area contributed by atoms with E-state index in [4.69, 9.17) is 10.3 Å². The molecule has 0 heterocycles.